The van der Waals surface area contributed by atoms with E-state index in [-0.39, 0.29) is 5.02 Å². The molecule has 0 amide bonds. The maximum absolute atomic E-state index is 12.4. The van der Waals surface area contributed by atoms with Gasteiger partial charge < -0.3 is 4.74 Å². The summed E-state index contributed by atoms with van der Waals surface area (Å²) in [4.78, 5) is 12.4. The smallest absolute Gasteiger partial charge is 0.292 e. The second kappa shape index (κ2) is 9.19. The van der Waals surface area contributed by atoms with Crippen molar-refractivity contribution in [3.63, 3.8) is 0 Å². The van der Waals surface area contributed by atoms with E-state index in [1.807, 2.05) is 42.5 Å². The molecule has 0 radical (unpaired) electrons. The van der Waals surface area contributed by atoms with Gasteiger partial charge >= 0.3 is 0 Å². The summed E-state index contributed by atoms with van der Waals surface area (Å²) in [5.41, 5.74) is 4.21. The highest BCUT2D eigenvalue weighted by atomic mass is 35.5. The van der Waals surface area contributed by atoms with Crippen LogP contribution in [-0.2, 0) is 0 Å². The summed E-state index contributed by atoms with van der Waals surface area (Å²) in [6.07, 6.45) is 3.10. The highest BCUT2D eigenvalue weighted by molar-refractivity contribution is 6.32. The third kappa shape index (κ3) is 4.98. The minimum atomic E-state index is -0.417. The minimum Gasteiger partial charge on any atom is -0.493 e. The van der Waals surface area contributed by atoms with E-state index in [4.69, 9.17) is 16.3 Å². The molecule has 0 fully saturated rings. The fourth-order valence-electron chi connectivity index (χ4n) is 2.35. The van der Waals surface area contributed by atoms with E-state index in [1.165, 1.54) is 10.9 Å². The number of nitrogens with zero attached hydrogens (tertiary/aromatic N) is 3. The van der Waals surface area contributed by atoms with E-state index in [0.29, 0.717) is 23.9 Å². The van der Waals surface area contributed by atoms with Crippen molar-refractivity contribution in [1.29, 1.82) is 0 Å². The lowest BCUT2D eigenvalue weighted by Crippen LogP contribution is -2.22. The monoisotopic (exact) mass is 396 g/mol. The number of aromatic nitrogens is 2. The maximum Gasteiger partial charge on any atom is 0.292 e. The van der Waals surface area contributed by atoms with Crippen LogP contribution >= 0.6 is 11.6 Å². The average Bonchev–Trinajstić information content (AvgIpc) is 2.71. The molecule has 0 atom stereocenters. The molecule has 0 aliphatic rings. The first-order valence-corrected chi connectivity index (χ1v) is 9.27. The van der Waals surface area contributed by atoms with Gasteiger partial charge in [-0.2, -0.15) is 14.9 Å². The number of nitrogens with one attached hydrogen (secondary N) is 1. The summed E-state index contributed by atoms with van der Waals surface area (Å²) in [6.45, 7) is 4.88. The number of halogens is 1. The topological polar surface area (TPSA) is 68.5 Å². The van der Waals surface area contributed by atoms with E-state index in [0.717, 1.165) is 11.3 Å². The Morgan fingerprint density at radius 2 is 1.89 bits per heavy atom. The third-order valence-electron chi connectivity index (χ3n) is 3.78. The Morgan fingerprint density at radius 3 is 2.57 bits per heavy atom. The van der Waals surface area contributed by atoms with Crippen LogP contribution in [0.5, 0.6) is 5.75 Å². The van der Waals surface area contributed by atoms with Crippen molar-refractivity contribution in [2.24, 2.45) is 11.0 Å². The number of rotatable bonds is 7. The van der Waals surface area contributed by atoms with E-state index < -0.39 is 5.56 Å². The lowest BCUT2D eigenvalue weighted by atomic mass is 10.2. The number of ether oxygens (including phenoxy) is 1. The van der Waals surface area contributed by atoms with E-state index in [2.05, 4.69) is 29.5 Å². The Labute approximate surface area is 168 Å². The molecule has 1 N–H and O–H groups in total. The van der Waals surface area contributed by atoms with Crippen molar-refractivity contribution < 1.29 is 4.74 Å². The highest BCUT2D eigenvalue weighted by Gasteiger charge is 2.09. The average molecular weight is 397 g/mol. The number of anilines is 1. The molecule has 3 rings (SSSR count). The van der Waals surface area contributed by atoms with Gasteiger partial charge in [0.2, 0.25) is 0 Å². The van der Waals surface area contributed by atoms with Crippen LogP contribution in [0.4, 0.5) is 5.69 Å². The standard InChI is InChI=1S/C21H21ClN4O2/c1-15(2)14-28-18-10-8-16(9-11-18)12-23-25-19-13-24-26(21(27)20(19)22)17-6-4-3-5-7-17/h3-13,15,25H,14H2,1-2H3/b23-12-. The maximum atomic E-state index is 12.4. The van der Waals surface area contributed by atoms with Crippen molar-refractivity contribution in [2.45, 2.75) is 13.8 Å². The van der Waals surface area contributed by atoms with Gasteiger partial charge in [0.05, 0.1) is 24.7 Å². The Balaban J connectivity index is 1.67. The Hall–Kier alpha value is -3.12. The van der Waals surface area contributed by atoms with Gasteiger partial charge in [0.25, 0.3) is 5.56 Å². The molecule has 144 valence electrons. The van der Waals surface area contributed by atoms with Gasteiger partial charge in [-0.15, -0.1) is 0 Å². The minimum absolute atomic E-state index is 0.0217. The van der Waals surface area contributed by atoms with Crippen LogP contribution in [-0.4, -0.2) is 22.6 Å². The van der Waals surface area contributed by atoms with Crippen LogP contribution in [0.25, 0.3) is 5.69 Å². The quantitative estimate of drug-likeness (QED) is 0.475. The molecule has 0 unspecified atom stereocenters. The molecule has 0 aliphatic carbocycles. The Bertz CT molecular complexity index is 999. The molecule has 7 heteroatoms. The number of hydrogen-bond acceptors (Lipinski definition) is 5. The van der Waals surface area contributed by atoms with Crippen molar-refractivity contribution in [3.8, 4) is 11.4 Å². The number of hydrazone groups is 1. The third-order valence-corrected chi connectivity index (χ3v) is 4.15. The second-order valence-corrected chi connectivity index (χ2v) is 6.95. The Kier molecular flexibility index (Phi) is 6.45. The zero-order chi connectivity index (χ0) is 19.9. The first-order chi connectivity index (χ1) is 13.5. The van der Waals surface area contributed by atoms with Gasteiger partial charge in [-0.25, -0.2) is 0 Å². The van der Waals surface area contributed by atoms with Gasteiger partial charge in [0.1, 0.15) is 16.5 Å². The summed E-state index contributed by atoms with van der Waals surface area (Å²) in [7, 11) is 0. The number of benzene rings is 2. The fourth-order valence-corrected chi connectivity index (χ4v) is 2.52. The molecule has 28 heavy (non-hydrogen) atoms. The first-order valence-electron chi connectivity index (χ1n) is 8.90. The van der Waals surface area contributed by atoms with E-state index in [1.54, 1.807) is 18.3 Å². The van der Waals surface area contributed by atoms with E-state index >= 15 is 0 Å². The van der Waals surface area contributed by atoms with Crippen molar-refractivity contribution in [3.05, 3.63) is 81.7 Å². The summed E-state index contributed by atoms with van der Waals surface area (Å²) >= 11 is 6.18. The number of hydrogen-bond donors (Lipinski definition) is 1. The fraction of sp³-hybridized carbons (Fsp3) is 0.190. The summed E-state index contributed by atoms with van der Waals surface area (Å²) in [5, 5.41) is 8.30. The van der Waals surface area contributed by atoms with Crippen LogP contribution in [0.2, 0.25) is 5.02 Å². The SMILES string of the molecule is CC(C)COc1ccc(/C=N\Nc2cnn(-c3ccccc3)c(=O)c2Cl)cc1. The molecule has 6 nitrogen and oxygen atoms in total. The molecule has 3 aromatic rings. The first kappa shape index (κ1) is 19.6. The molecule has 1 heterocycles. The number of para-hydroxylation sites is 1. The summed E-state index contributed by atoms with van der Waals surface area (Å²) in [5.74, 6) is 1.29. The molecular formula is C21H21ClN4O2. The normalized spacial score (nSPS) is 11.1. The Morgan fingerprint density at radius 1 is 1.18 bits per heavy atom. The van der Waals surface area contributed by atoms with Crippen molar-refractivity contribution in [1.82, 2.24) is 9.78 Å². The largest absolute Gasteiger partial charge is 0.493 e. The summed E-state index contributed by atoms with van der Waals surface area (Å²) in [6, 6.07) is 16.7. The molecule has 0 aliphatic heterocycles. The molecule has 0 bridgehead atoms. The molecule has 0 saturated carbocycles. The molecule has 0 spiro atoms. The molecule has 1 aromatic heterocycles. The lowest BCUT2D eigenvalue weighted by molar-refractivity contribution is 0.271. The molecule has 2 aromatic carbocycles. The van der Waals surface area contributed by atoms with Gasteiger partial charge in [-0.05, 0) is 47.9 Å². The van der Waals surface area contributed by atoms with Gasteiger partial charge in [0.15, 0.2) is 0 Å². The van der Waals surface area contributed by atoms with Crippen LogP contribution in [0.15, 0.2) is 70.7 Å². The van der Waals surface area contributed by atoms with Crippen LogP contribution < -0.4 is 15.7 Å². The van der Waals surface area contributed by atoms with Crippen LogP contribution in [0.3, 0.4) is 0 Å². The van der Waals surface area contributed by atoms with Gasteiger partial charge in [-0.1, -0.05) is 43.6 Å². The van der Waals surface area contributed by atoms with Gasteiger partial charge in [0, 0.05) is 0 Å². The molecule has 0 saturated heterocycles. The second-order valence-electron chi connectivity index (χ2n) is 6.57. The van der Waals surface area contributed by atoms with Crippen LogP contribution in [0, 0.1) is 5.92 Å². The predicted molar refractivity (Wildman–Crippen MR) is 113 cm³/mol. The van der Waals surface area contributed by atoms with Crippen molar-refractivity contribution in [2.75, 3.05) is 12.0 Å². The zero-order valence-corrected chi connectivity index (χ0v) is 16.4. The molecular weight excluding hydrogens is 376 g/mol. The summed E-state index contributed by atoms with van der Waals surface area (Å²) < 4.78 is 6.89. The highest BCUT2D eigenvalue weighted by Crippen LogP contribution is 2.17. The zero-order valence-electron chi connectivity index (χ0n) is 15.7. The lowest BCUT2D eigenvalue weighted by Gasteiger charge is -2.08. The van der Waals surface area contributed by atoms with Crippen LogP contribution in [0.1, 0.15) is 19.4 Å². The predicted octanol–water partition coefficient (Wildman–Crippen LogP) is 4.37. The van der Waals surface area contributed by atoms with Gasteiger partial charge in [-0.3, -0.25) is 10.2 Å². The van der Waals surface area contributed by atoms with E-state index in [9.17, 15) is 4.79 Å². The van der Waals surface area contributed by atoms with Crippen molar-refractivity contribution >= 4 is 23.5 Å².